The molecule has 0 aliphatic carbocycles. The topological polar surface area (TPSA) is 70.1 Å². The molecule has 1 heterocycles. The first-order valence-corrected chi connectivity index (χ1v) is 4.85. The molecule has 1 atom stereocenters. The number of hydrogen-bond donors (Lipinski definition) is 1. The minimum absolute atomic E-state index is 0.00819. The summed E-state index contributed by atoms with van der Waals surface area (Å²) in [5.41, 5.74) is 7.57. The molecule has 0 bridgehead atoms. The quantitative estimate of drug-likeness (QED) is 0.729. The molecular weight excluding hydrogens is 194 g/mol. The third-order valence-electron chi connectivity index (χ3n) is 2.42. The Morgan fingerprint density at radius 1 is 1.73 bits per heavy atom. The molecule has 5 nitrogen and oxygen atoms in total. The van der Waals surface area contributed by atoms with Crippen LogP contribution < -0.4 is 5.73 Å². The van der Waals surface area contributed by atoms with Crippen LogP contribution in [0.1, 0.15) is 23.6 Å². The normalized spacial score (nSPS) is 12.5. The van der Waals surface area contributed by atoms with E-state index >= 15 is 0 Å². The molecule has 15 heavy (non-hydrogen) atoms. The first-order chi connectivity index (χ1) is 7.08. The Kier molecular flexibility index (Phi) is 3.85. The number of aromatic nitrogens is 2. The van der Waals surface area contributed by atoms with Crippen LogP contribution in [0.2, 0.25) is 0 Å². The van der Waals surface area contributed by atoms with Crippen LogP contribution in [-0.2, 0) is 16.6 Å². The highest BCUT2D eigenvalue weighted by molar-refractivity contribution is 5.70. The SMILES string of the molecule is COC(=O)CC(CN)c1cn(C)nc1C. The Bertz CT molecular complexity index is 346. The van der Waals surface area contributed by atoms with Crippen molar-refractivity contribution in [1.82, 2.24) is 9.78 Å². The van der Waals surface area contributed by atoms with Gasteiger partial charge in [-0.1, -0.05) is 0 Å². The highest BCUT2D eigenvalue weighted by Crippen LogP contribution is 2.21. The van der Waals surface area contributed by atoms with Gasteiger partial charge in [-0.2, -0.15) is 5.10 Å². The van der Waals surface area contributed by atoms with Crippen molar-refractivity contribution in [3.05, 3.63) is 17.5 Å². The summed E-state index contributed by atoms with van der Waals surface area (Å²) < 4.78 is 6.36. The lowest BCUT2D eigenvalue weighted by atomic mass is 9.97. The molecule has 1 aromatic rings. The van der Waals surface area contributed by atoms with Crippen LogP contribution in [0.25, 0.3) is 0 Å². The van der Waals surface area contributed by atoms with Gasteiger partial charge in [-0.05, 0) is 19.0 Å². The molecule has 2 N–H and O–H groups in total. The highest BCUT2D eigenvalue weighted by atomic mass is 16.5. The molecule has 0 saturated carbocycles. The van der Waals surface area contributed by atoms with E-state index in [-0.39, 0.29) is 11.9 Å². The van der Waals surface area contributed by atoms with Gasteiger partial charge in [0.05, 0.1) is 19.2 Å². The van der Waals surface area contributed by atoms with E-state index in [2.05, 4.69) is 9.84 Å². The maximum Gasteiger partial charge on any atom is 0.306 e. The number of ether oxygens (including phenoxy) is 1. The van der Waals surface area contributed by atoms with Crippen LogP contribution in [0.4, 0.5) is 0 Å². The van der Waals surface area contributed by atoms with Gasteiger partial charge in [0.15, 0.2) is 0 Å². The van der Waals surface area contributed by atoms with E-state index < -0.39 is 0 Å². The number of nitrogens with zero attached hydrogens (tertiary/aromatic N) is 2. The second-order valence-corrected chi connectivity index (χ2v) is 3.56. The third-order valence-corrected chi connectivity index (χ3v) is 2.42. The number of aryl methyl sites for hydroxylation is 2. The van der Waals surface area contributed by atoms with E-state index in [0.29, 0.717) is 13.0 Å². The van der Waals surface area contributed by atoms with Crippen LogP contribution in [0.3, 0.4) is 0 Å². The zero-order chi connectivity index (χ0) is 11.4. The summed E-state index contributed by atoms with van der Waals surface area (Å²) in [4.78, 5) is 11.2. The van der Waals surface area contributed by atoms with E-state index in [9.17, 15) is 4.79 Å². The standard InChI is InChI=1S/C10H17N3O2/c1-7-9(6-13(2)12-7)8(5-11)4-10(14)15-3/h6,8H,4-5,11H2,1-3H3. The largest absolute Gasteiger partial charge is 0.469 e. The number of esters is 1. The molecule has 0 aliphatic heterocycles. The highest BCUT2D eigenvalue weighted by Gasteiger charge is 2.18. The van der Waals surface area contributed by atoms with Crippen molar-refractivity contribution < 1.29 is 9.53 Å². The van der Waals surface area contributed by atoms with Crippen LogP contribution in [-0.4, -0.2) is 29.4 Å². The van der Waals surface area contributed by atoms with Crippen LogP contribution in [0, 0.1) is 6.92 Å². The lowest BCUT2D eigenvalue weighted by Gasteiger charge is -2.11. The average molecular weight is 211 g/mol. The summed E-state index contributed by atoms with van der Waals surface area (Å²) in [6.07, 6.45) is 2.20. The van der Waals surface area contributed by atoms with Crippen molar-refractivity contribution in [3.8, 4) is 0 Å². The van der Waals surface area contributed by atoms with Crippen LogP contribution >= 0.6 is 0 Å². The molecule has 1 aromatic heterocycles. The molecule has 0 aliphatic rings. The van der Waals surface area contributed by atoms with E-state index in [0.717, 1.165) is 11.3 Å². The monoisotopic (exact) mass is 211 g/mol. The van der Waals surface area contributed by atoms with Crippen molar-refractivity contribution in [2.75, 3.05) is 13.7 Å². The van der Waals surface area contributed by atoms with E-state index in [1.54, 1.807) is 4.68 Å². The Hall–Kier alpha value is -1.36. The van der Waals surface area contributed by atoms with Crippen molar-refractivity contribution in [3.63, 3.8) is 0 Å². The zero-order valence-electron chi connectivity index (χ0n) is 9.36. The zero-order valence-corrected chi connectivity index (χ0v) is 9.36. The van der Waals surface area contributed by atoms with Gasteiger partial charge in [0, 0.05) is 19.2 Å². The van der Waals surface area contributed by atoms with Gasteiger partial charge >= 0.3 is 5.97 Å². The molecule has 0 saturated heterocycles. The summed E-state index contributed by atoms with van der Waals surface area (Å²) in [7, 11) is 3.23. The fourth-order valence-electron chi connectivity index (χ4n) is 1.62. The second-order valence-electron chi connectivity index (χ2n) is 3.56. The molecule has 0 spiro atoms. The fraction of sp³-hybridized carbons (Fsp3) is 0.600. The number of methoxy groups -OCH3 is 1. The Balaban J connectivity index is 2.82. The number of carbonyl (C=O) groups excluding carboxylic acids is 1. The Morgan fingerprint density at radius 2 is 2.40 bits per heavy atom. The van der Waals surface area contributed by atoms with Crippen molar-refractivity contribution in [1.29, 1.82) is 0 Å². The molecule has 1 unspecified atom stereocenters. The second kappa shape index (κ2) is 4.93. The minimum atomic E-state index is -0.242. The number of carbonyl (C=O) groups is 1. The average Bonchev–Trinajstić information content (AvgIpc) is 2.54. The van der Waals surface area contributed by atoms with Crippen LogP contribution in [0.15, 0.2) is 6.20 Å². The third kappa shape index (κ3) is 2.79. The summed E-state index contributed by atoms with van der Waals surface area (Å²) in [6, 6.07) is 0. The van der Waals surface area contributed by atoms with Gasteiger partial charge in [0.25, 0.3) is 0 Å². The fourth-order valence-corrected chi connectivity index (χ4v) is 1.62. The molecule has 1 rings (SSSR count). The maximum absolute atomic E-state index is 11.2. The van der Waals surface area contributed by atoms with E-state index in [1.165, 1.54) is 7.11 Å². The Morgan fingerprint density at radius 3 is 2.80 bits per heavy atom. The molecule has 0 aromatic carbocycles. The molecule has 5 heteroatoms. The molecule has 0 amide bonds. The Labute approximate surface area is 89.2 Å². The predicted molar refractivity (Wildman–Crippen MR) is 56.4 cm³/mol. The molecule has 84 valence electrons. The smallest absolute Gasteiger partial charge is 0.306 e. The van der Waals surface area contributed by atoms with Gasteiger partial charge in [-0.25, -0.2) is 0 Å². The number of rotatable bonds is 4. The summed E-state index contributed by atoms with van der Waals surface area (Å²) in [5, 5.41) is 4.22. The minimum Gasteiger partial charge on any atom is -0.469 e. The maximum atomic E-state index is 11.2. The van der Waals surface area contributed by atoms with Crippen molar-refractivity contribution in [2.24, 2.45) is 12.8 Å². The van der Waals surface area contributed by atoms with Gasteiger partial charge < -0.3 is 10.5 Å². The first-order valence-electron chi connectivity index (χ1n) is 4.85. The van der Waals surface area contributed by atoms with Crippen molar-refractivity contribution in [2.45, 2.75) is 19.3 Å². The number of hydrogen-bond acceptors (Lipinski definition) is 4. The van der Waals surface area contributed by atoms with E-state index in [1.807, 2.05) is 20.2 Å². The summed E-state index contributed by atoms with van der Waals surface area (Å²) in [5.74, 6) is -0.250. The summed E-state index contributed by atoms with van der Waals surface area (Å²) >= 11 is 0. The molecule has 0 radical (unpaired) electrons. The lowest BCUT2D eigenvalue weighted by molar-refractivity contribution is -0.141. The number of nitrogens with two attached hydrogens (primary N) is 1. The van der Waals surface area contributed by atoms with E-state index in [4.69, 9.17) is 5.73 Å². The van der Waals surface area contributed by atoms with Gasteiger partial charge in [-0.15, -0.1) is 0 Å². The summed E-state index contributed by atoms with van der Waals surface area (Å²) in [6.45, 7) is 2.33. The van der Waals surface area contributed by atoms with Gasteiger partial charge in [0.2, 0.25) is 0 Å². The van der Waals surface area contributed by atoms with Gasteiger partial charge in [-0.3, -0.25) is 9.48 Å². The first kappa shape index (κ1) is 11.7. The predicted octanol–water partition coefficient (Wildman–Crippen LogP) is 0.334. The lowest BCUT2D eigenvalue weighted by Crippen LogP contribution is -2.17. The molecular formula is C10H17N3O2. The van der Waals surface area contributed by atoms with Crippen LogP contribution in [0.5, 0.6) is 0 Å². The molecule has 0 fully saturated rings. The van der Waals surface area contributed by atoms with Gasteiger partial charge in [0.1, 0.15) is 0 Å². The van der Waals surface area contributed by atoms with Crippen molar-refractivity contribution >= 4 is 5.97 Å².